The van der Waals surface area contributed by atoms with Gasteiger partial charge in [-0.25, -0.2) is 4.39 Å². The van der Waals surface area contributed by atoms with Crippen LogP contribution in [0, 0.1) is 11.7 Å². The molecule has 0 aliphatic heterocycles. The lowest BCUT2D eigenvalue weighted by atomic mass is 10.1. The number of anilines is 2. The maximum atomic E-state index is 13.1. The summed E-state index contributed by atoms with van der Waals surface area (Å²) in [6.07, 6.45) is 0. The minimum Gasteiger partial charge on any atom is -0.326 e. The molecule has 32 heavy (non-hydrogen) atoms. The number of alkyl halides is 1. The minimum atomic E-state index is -0.495. The van der Waals surface area contributed by atoms with Crippen molar-refractivity contribution in [2.24, 2.45) is 5.92 Å². The van der Waals surface area contributed by atoms with Crippen molar-refractivity contribution in [3.8, 4) is 0 Å². The van der Waals surface area contributed by atoms with Crippen LogP contribution in [0.5, 0.6) is 0 Å². The van der Waals surface area contributed by atoms with E-state index in [9.17, 15) is 14.0 Å². The number of nitrogens with one attached hydrogen (secondary N) is 2. The van der Waals surface area contributed by atoms with Crippen molar-refractivity contribution < 1.29 is 14.0 Å². The third-order valence-corrected chi connectivity index (χ3v) is 6.39. The molecule has 164 valence electrons. The van der Waals surface area contributed by atoms with Gasteiger partial charge >= 0.3 is 0 Å². The number of halogens is 5. The second kappa shape index (κ2) is 9.28. The summed E-state index contributed by atoms with van der Waals surface area (Å²) in [5, 5.41) is 6.16. The van der Waals surface area contributed by atoms with E-state index in [1.807, 2.05) is 0 Å². The Bertz CT molecular complexity index is 1180. The Morgan fingerprint density at radius 3 is 2.09 bits per heavy atom. The summed E-state index contributed by atoms with van der Waals surface area (Å²) in [5.74, 6) is -1.90. The van der Waals surface area contributed by atoms with E-state index < -0.39 is 23.0 Å². The van der Waals surface area contributed by atoms with E-state index in [0.29, 0.717) is 21.4 Å². The zero-order valence-corrected chi connectivity index (χ0v) is 19.2. The van der Waals surface area contributed by atoms with E-state index in [1.54, 1.807) is 24.3 Å². The molecule has 4 rings (SSSR count). The van der Waals surface area contributed by atoms with Crippen LogP contribution in [0.3, 0.4) is 0 Å². The van der Waals surface area contributed by atoms with Gasteiger partial charge in [-0.2, -0.15) is 0 Å². The molecular weight excluding hydrogens is 497 g/mol. The molecule has 0 aromatic heterocycles. The van der Waals surface area contributed by atoms with E-state index in [0.717, 1.165) is 5.56 Å². The highest BCUT2D eigenvalue weighted by Gasteiger charge is 2.54. The van der Waals surface area contributed by atoms with Crippen LogP contribution in [0.2, 0.25) is 15.1 Å². The van der Waals surface area contributed by atoms with Gasteiger partial charge in [-0.1, -0.05) is 34.8 Å². The van der Waals surface area contributed by atoms with Crippen LogP contribution < -0.4 is 10.6 Å². The average molecular weight is 512 g/mol. The Hall–Kier alpha value is -2.31. The molecule has 0 radical (unpaired) electrons. The maximum Gasteiger partial charge on any atom is 0.257 e. The molecule has 1 fully saturated rings. The van der Waals surface area contributed by atoms with Crippen LogP contribution in [0.15, 0.2) is 60.7 Å². The Kier molecular flexibility index (Phi) is 6.63. The molecule has 3 unspecified atom stereocenters. The Labute approximate surface area is 203 Å². The average Bonchev–Trinajstić information content (AvgIpc) is 3.41. The SMILES string of the molecule is O=C(Nc1ccc(F)cc1)c1cc(NC(=O)C2C(Cl)C2c2cc(Cl)cc(Cl)c2)ccc1Cl. The summed E-state index contributed by atoms with van der Waals surface area (Å²) in [4.78, 5) is 25.4. The minimum absolute atomic E-state index is 0.158. The highest BCUT2D eigenvalue weighted by atomic mass is 35.5. The molecule has 1 aliphatic carbocycles. The van der Waals surface area contributed by atoms with Gasteiger partial charge in [-0.15, -0.1) is 11.6 Å². The fraction of sp³-hybridized carbons (Fsp3) is 0.130. The van der Waals surface area contributed by atoms with E-state index in [1.165, 1.54) is 36.4 Å². The molecule has 3 atom stereocenters. The van der Waals surface area contributed by atoms with Gasteiger partial charge < -0.3 is 10.6 Å². The number of hydrogen-bond donors (Lipinski definition) is 2. The van der Waals surface area contributed by atoms with Gasteiger partial charge in [0.2, 0.25) is 5.91 Å². The second-order valence-corrected chi connectivity index (χ2v) is 9.13. The van der Waals surface area contributed by atoms with E-state index >= 15 is 0 Å². The van der Waals surface area contributed by atoms with Crippen LogP contribution in [-0.2, 0) is 4.79 Å². The van der Waals surface area contributed by atoms with Crippen molar-refractivity contribution in [1.82, 2.24) is 0 Å². The first-order chi connectivity index (χ1) is 15.2. The van der Waals surface area contributed by atoms with Gasteiger partial charge in [0.1, 0.15) is 5.82 Å². The first kappa shape index (κ1) is 22.9. The quantitative estimate of drug-likeness (QED) is 0.362. The third kappa shape index (κ3) is 5.02. The Morgan fingerprint density at radius 2 is 1.44 bits per heavy atom. The smallest absolute Gasteiger partial charge is 0.257 e. The molecule has 2 N–H and O–H groups in total. The van der Waals surface area contributed by atoms with Gasteiger partial charge in [-0.3, -0.25) is 9.59 Å². The van der Waals surface area contributed by atoms with Gasteiger partial charge in [0.15, 0.2) is 0 Å². The summed E-state index contributed by atoms with van der Waals surface area (Å²) in [7, 11) is 0. The van der Waals surface area contributed by atoms with Crippen LogP contribution in [0.4, 0.5) is 15.8 Å². The highest BCUT2D eigenvalue weighted by Crippen LogP contribution is 2.53. The lowest BCUT2D eigenvalue weighted by Crippen LogP contribution is -2.17. The lowest BCUT2D eigenvalue weighted by molar-refractivity contribution is -0.117. The van der Waals surface area contributed by atoms with E-state index in [4.69, 9.17) is 46.4 Å². The molecule has 2 amide bonds. The van der Waals surface area contributed by atoms with E-state index in [-0.39, 0.29) is 22.4 Å². The molecule has 0 heterocycles. The topological polar surface area (TPSA) is 58.2 Å². The van der Waals surface area contributed by atoms with Crippen LogP contribution in [-0.4, -0.2) is 17.2 Å². The van der Waals surface area contributed by atoms with Gasteiger partial charge in [0, 0.05) is 27.3 Å². The van der Waals surface area contributed by atoms with Crippen LogP contribution in [0.25, 0.3) is 0 Å². The molecule has 9 heteroatoms. The largest absolute Gasteiger partial charge is 0.326 e. The lowest BCUT2D eigenvalue weighted by Gasteiger charge is -2.10. The van der Waals surface area contributed by atoms with Crippen LogP contribution in [0.1, 0.15) is 21.8 Å². The second-order valence-electron chi connectivity index (χ2n) is 7.34. The van der Waals surface area contributed by atoms with Crippen molar-refractivity contribution in [3.05, 3.63) is 92.7 Å². The van der Waals surface area contributed by atoms with E-state index in [2.05, 4.69) is 10.6 Å². The predicted octanol–water partition coefficient (Wildman–Crippen LogP) is 7.00. The monoisotopic (exact) mass is 510 g/mol. The van der Waals surface area contributed by atoms with Gasteiger partial charge in [0.05, 0.1) is 21.9 Å². The number of amides is 2. The fourth-order valence-electron chi connectivity index (χ4n) is 3.47. The predicted molar refractivity (Wildman–Crippen MR) is 127 cm³/mol. The van der Waals surface area contributed by atoms with Crippen molar-refractivity contribution in [2.45, 2.75) is 11.3 Å². The summed E-state index contributed by atoms with van der Waals surface area (Å²) in [6.45, 7) is 0. The third-order valence-electron chi connectivity index (χ3n) is 5.09. The molecule has 4 nitrogen and oxygen atoms in total. The van der Waals surface area contributed by atoms with Crippen molar-refractivity contribution in [1.29, 1.82) is 0 Å². The van der Waals surface area contributed by atoms with Crippen molar-refractivity contribution >= 4 is 69.6 Å². The maximum absolute atomic E-state index is 13.1. The molecule has 0 saturated heterocycles. The molecule has 3 aromatic rings. The number of carbonyl (C=O) groups excluding carboxylic acids is 2. The standard InChI is InChI=1S/C23H15Cl4FN2O2/c24-12-7-11(8-13(25)9-12)19-20(21(19)27)23(32)30-16-5-6-18(26)17(10-16)22(31)29-15-3-1-14(28)2-4-15/h1-10,19-21H,(H,29,31)(H,30,32). The number of carbonyl (C=O) groups is 2. The summed E-state index contributed by atoms with van der Waals surface area (Å²) < 4.78 is 13.1. The Balaban J connectivity index is 1.47. The molecule has 0 bridgehead atoms. The molecule has 1 aliphatic rings. The molecular formula is C23H15Cl4FN2O2. The Morgan fingerprint density at radius 1 is 0.812 bits per heavy atom. The number of benzene rings is 3. The molecule has 0 spiro atoms. The zero-order chi connectivity index (χ0) is 23.0. The number of rotatable bonds is 5. The number of hydrogen-bond acceptors (Lipinski definition) is 2. The summed E-state index contributed by atoms with van der Waals surface area (Å²) in [5.41, 5.74) is 1.75. The van der Waals surface area contributed by atoms with Gasteiger partial charge in [0.25, 0.3) is 5.91 Å². The van der Waals surface area contributed by atoms with Crippen molar-refractivity contribution in [2.75, 3.05) is 10.6 Å². The summed E-state index contributed by atoms with van der Waals surface area (Å²) >= 11 is 24.7. The van der Waals surface area contributed by atoms with Crippen LogP contribution >= 0.6 is 46.4 Å². The molecule has 1 saturated carbocycles. The highest BCUT2D eigenvalue weighted by molar-refractivity contribution is 6.35. The normalized spacial score (nSPS) is 19.3. The summed E-state index contributed by atoms with van der Waals surface area (Å²) in [6, 6.07) is 15.0. The molecule has 3 aromatic carbocycles. The van der Waals surface area contributed by atoms with Crippen molar-refractivity contribution in [3.63, 3.8) is 0 Å². The zero-order valence-electron chi connectivity index (χ0n) is 16.2. The fourth-order valence-corrected chi connectivity index (χ4v) is 4.71. The first-order valence-corrected chi connectivity index (χ1v) is 11.1. The van der Waals surface area contributed by atoms with Gasteiger partial charge in [-0.05, 0) is 66.2 Å². The first-order valence-electron chi connectivity index (χ1n) is 9.50.